The molecule has 0 aromatic carbocycles. The lowest BCUT2D eigenvalue weighted by atomic mass is 10.1. The third kappa shape index (κ3) is 7.15. The third-order valence-corrected chi connectivity index (χ3v) is 3.86. The first-order valence-corrected chi connectivity index (χ1v) is 9.91. The summed E-state index contributed by atoms with van der Waals surface area (Å²) in [5.41, 5.74) is 0. The monoisotopic (exact) mass is 358 g/mol. The maximum absolute atomic E-state index is 11.8. The van der Waals surface area contributed by atoms with Crippen molar-refractivity contribution in [2.75, 3.05) is 25.7 Å². The summed E-state index contributed by atoms with van der Waals surface area (Å²) in [6.07, 6.45) is 1.75. The van der Waals surface area contributed by atoms with E-state index in [9.17, 15) is 26.4 Å². The molecule has 2 N–H and O–H groups in total. The number of nitrogens with one attached hydrogen (secondary N) is 2. The highest BCUT2D eigenvalue weighted by Crippen LogP contribution is 2.06. The van der Waals surface area contributed by atoms with Gasteiger partial charge in [0.2, 0.25) is 11.8 Å². The maximum Gasteiger partial charge on any atom is 0.264 e. The second-order valence-electron chi connectivity index (χ2n) is 4.75. The van der Waals surface area contributed by atoms with E-state index in [1.165, 1.54) is 0 Å². The summed E-state index contributed by atoms with van der Waals surface area (Å²) in [5.74, 6) is -0.998. The summed E-state index contributed by atoms with van der Waals surface area (Å²) < 4.78 is 52.2. The lowest BCUT2D eigenvalue weighted by Gasteiger charge is -2.29. The van der Waals surface area contributed by atoms with Crippen molar-refractivity contribution in [3.05, 3.63) is 0 Å². The standard InChI is InChI=1S/C10H18N2O8S2/c1-21(15,16)19-5-3-7-9(13)12-8(10(14)11-7)4-6-20-22(2,17)18/h7-8H,3-6H2,1-2H3,(H,11,14)(H,12,13)/t7-,8?/m0/s1. The Bertz CT molecular complexity index is 571. The fourth-order valence-electron chi connectivity index (χ4n) is 1.72. The van der Waals surface area contributed by atoms with Gasteiger partial charge >= 0.3 is 0 Å². The molecule has 1 aliphatic rings. The Morgan fingerprint density at radius 2 is 1.14 bits per heavy atom. The molecule has 22 heavy (non-hydrogen) atoms. The molecule has 0 aromatic rings. The molecule has 0 aromatic heterocycles. The fourth-order valence-corrected chi connectivity index (χ4v) is 2.51. The average Bonchev–Trinajstić information content (AvgIpc) is 2.31. The number of carbonyl (C=O) groups excluding carboxylic acids is 2. The van der Waals surface area contributed by atoms with Gasteiger partial charge in [-0.05, 0) is 0 Å². The molecule has 1 heterocycles. The summed E-state index contributed by atoms with van der Waals surface area (Å²) in [4.78, 5) is 23.6. The zero-order chi connectivity index (χ0) is 17.0. The van der Waals surface area contributed by atoms with Crippen molar-refractivity contribution >= 4 is 32.1 Å². The predicted molar refractivity (Wildman–Crippen MR) is 74.7 cm³/mol. The van der Waals surface area contributed by atoms with Crippen molar-refractivity contribution in [3.8, 4) is 0 Å². The van der Waals surface area contributed by atoms with Crippen molar-refractivity contribution < 1.29 is 34.8 Å². The van der Waals surface area contributed by atoms with Gasteiger partial charge in [-0.3, -0.25) is 18.0 Å². The minimum Gasteiger partial charge on any atom is -0.342 e. The molecule has 1 fully saturated rings. The van der Waals surface area contributed by atoms with Crippen molar-refractivity contribution in [3.63, 3.8) is 0 Å². The van der Waals surface area contributed by atoms with Gasteiger partial charge in [-0.2, -0.15) is 16.8 Å². The number of carbonyl (C=O) groups is 2. The highest BCUT2D eigenvalue weighted by molar-refractivity contribution is 7.86. The van der Waals surface area contributed by atoms with Crippen LogP contribution in [0.4, 0.5) is 0 Å². The molecular weight excluding hydrogens is 340 g/mol. The smallest absolute Gasteiger partial charge is 0.264 e. The van der Waals surface area contributed by atoms with Crippen LogP contribution in [0.3, 0.4) is 0 Å². The van der Waals surface area contributed by atoms with Crippen LogP contribution in [0.5, 0.6) is 0 Å². The highest BCUT2D eigenvalue weighted by atomic mass is 32.2. The largest absolute Gasteiger partial charge is 0.342 e. The topological polar surface area (TPSA) is 145 Å². The van der Waals surface area contributed by atoms with Crippen LogP contribution in [-0.2, 0) is 38.2 Å². The Balaban J connectivity index is 2.44. The van der Waals surface area contributed by atoms with Crippen molar-refractivity contribution in [2.24, 2.45) is 0 Å². The van der Waals surface area contributed by atoms with E-state index in [0.717, 1.165) is 12.5 Å². The Kier molecular flexibility index (Phi) is 6.28. The van der Waals surface area contributed by atoms with Gasteiger partial charge in [0.1, 0.15) is 12.1 Å². The van der Waals surface area contributed by atoms with Crippen LogP contribution in [0, 0.1) is 0 Å². The average molecular weight is 358 g/mol. The second kappa shape index (κ2) is 7.35. The molecule has 10 nitrogen and oxygen atoms in total. The lowest BCUT2D eigenvalue weighted by Crippen LogP contribution is -2.62. The summed E-state index contributed by atoms with van der Waals surface area (Å²) in [5, 5.41) is 4.84. The first-order valence-electron chi connectivity index (χ1n) is 6.27. The van der Waals surface area contributed by atoms with E-state index in [0.29, 0.717) is 0 Å². The third-order valence-electron chi connectivity index (χ3n) is 2.67. The Labute approximate surface area is 128 Å². The normalized spacial score (nSPS) is 23.0. The van der Waals surface area contributed by atoms with E-state index in [-0.39, 0.29) is 26.1 Å². The number of piperazine rings is 1. The molecule has 1 unspecified atom stereocenters. The maximum atomic E-state index is 11.8. The summed E-state index contributed by atoms with van der Waals surface area (Å²) >= 11 is 0. The van der Waals surface area contributed by atoms with E-state index in [1.807, 2.05) is 0 Å². The molecule has 12 heteroatoms. The predicted octanol–water partition coefficient (Wildman–Crippen LogP) is -2.30. The summed E-state index contributed by atoms with van der Waals surface area (Å²) in [6, 6.07) is -1.80. The molecule has 0 bridgehead atoms. The van der Waals surface area contributed by atoms with E-state index >= 15 is 0 Å². The van der Waals surface area contributed by atoms with Gasteiger partial charge in [-0.15, -0.1) is 0 Å². The molecule has 1 saturated heterocycles. The molecular formula is C10H18N2O8S2. The van der Waals surface area contributed by atoms with Gasteiger partial charge in [-0.1, -0.05) is 0 Å². The Morgan fingerprint density at radius 3 is 1.41 bits per heavy atom. The molecule has 1 aliphatic heterocycles. The fraction of sp³-hybridized carbons (Fsp3) is 0.800. The number of rotatable bonds is 8. The molecule has 128 valence electrons. The molecule has 1 rings (SSSR count). The molecule has 2 amide bonds. The van der Waals surface area contributed by atoms with E-state index < -0.39 is 44.1 Å². The van der Waals surface area contributed by atoms with Crippen LogP contribution in [0.15, 0.2) is 0 Å². The van der Waals surface area contributed by atoms with Crippen LogP contribution >= 0.6 is 0 Å². The summed E-state index contributed by atoms with van der Waals surface area (Å²) in [7, 11) is -7.22. The van der Waals surface area contributed by atoms with Gasteiger partial charge in [0, 0.05) is 12.8 Å². The minimum absolute atomic E-state index is 0.00278. The Morgan fingerprint density at radius 1 is 0.818 bits per heavy atom. The van der Waals surface area contributed by atoms with Crippen molar-refractivity contribution in [1.82, 2.24) is 10.6 Å². The van der Waals surface area contributed by atoms with E-state index in [2.05, 4.69) is 19.0 Å². The molecule has 0 aliphatic carbocycles. The number of hydrogen-bond donors (Lipinski definition) is 2. The van der Waals surface area contributed by atoms with Gasteiger partial charge in [0.05, 0.1) is 25.7 Å². The van der Waals surface area contributed by atoms with Crippen molar-refractivity contribution in [1.29, 1.82) is 0 Å². The molecule has 0 saturated carbocycles. The minimum atomic E-state index is -3.61. The van der Waals surface area contributed by atoms with E-state index in [1.54, 1.807) is 0 Å². The number of hydrogen-bond acceptors (Lipinski definition) is 8. The lowest BCUT2D eigenvalue weighted by molar-refractivity contribution is -0.137. The van der Waals surface area contributed by atoms with Gasteiger partial charge < -0.3 is 10.6 Å². The SMILES string of the molecule is CS(=O)(=O)OCCC1NC(=O)[C@H](CCOS(C)(=O)=O)NC1=O. The number of amides is 2. The Hall–Kier alpha value is -1.24. The molecule has 0 spiro atoms. The summed E-state index contributed by atoms with van der Waals surface area (Å²) in [6.45, 7) is -0.474. The van der Waals surface area contributed by atoms with Gasteiger partial charge in [0.15, 0.2) is 0 Å². The van der Waals surface area contributed by atoms with Gasteiger partial charge in [0.25, 0.3) is 20.2 Å². The molecule has 2 atom stereocenters. The van der Waals surface area contributed by atoms with Crippen LogP contribution in [0.2, 0.25) is 0 Å². The van der Waals surface area contributed by atoms with Gasteiger partial charge in [-0.25, -0.2) is 0 Å². The second-order valence-corrected chi connectivity index (χ2v) is 8.04. The van der Waals surface area contributed by atoms with E-state index in [4.69, 9.17) is 0 Å². The van der Waals surface area contributed by atoms with Crippen LogP contribution < -0.4 is 10.6 Å². The van der Waals surface area contributed by atoms with Crippen LogP contribution in [-0.4, -0.2) is 66.5 Å². The van der Waals surface area contributed by atoms with Crippen LogP contribution in [0.25, 0.3) is 0 Å². The first kappa shape index (κ1) is 18.8. The highest BCUT2D eigenvalue weighted by Gasteiger charge is 2.33. The molecule has 0 radical (unpaired) electrons. The van der Waals surface area contributed by atoms with Crippen LogP contribution in [0.1, 0.15) is 12.8 Å². The van der Waals surface area contributed by atoms with Crippen molar-refractivity contribution in [2.45, 2.75) is 24.9 Å². The zero-order valence-electron chi connectivity index (χ0n) is 12.1. The zero-order valence-corrected chi connectivity index (χ0v) is 13.7. The quantitative estimate of drug-likeness (QED) is 0.461. The first-order chi connectivity index (χ1) is 9.98.